The Balaban J connectivity index is 1.10. The molecule has 3 heterocycles. The number of anilines is 1. The highest BCUT2D eigenvalue weighted by atomic mass is 16.7. The summed E-state index contributed by atoms with van der Waals surface area (Å²) in [5.74, 6) is 2.29. The number of hydrogen-bond acceptors (Lipinski definition) is 5. The molecule has 1 amide bonds. The number of fused-ring (bicyclic) bond motifs is 1. The van der Waals surface area contributed by atoms with Crippen LogP contribution in [0.15, 0.2) is 48.5 Å². The van der Waals surface area contributed by atoms with Gasteiger partial charge in [-0.05, 0) is 68.1 Å². The maximum atomic E-state index is 12.2. The molecule has 3 aliphatic rings. The molecule has 5 rings (SSSR count). The molecule has 1 atom stereocenters. The molecule has 0 aliphatic carbocycles. The number of hydrogen-bond donors (Lipinski definition) is 0. The lowest BCUT2D eigenvalue weighted by atomic mass is 9.89. The van der Waals surface area contributed by atoms with Gasteiger partial charge in [0.15, 0.2) is 11.5 Å². The van der Waals surface area contributed by atoms with Crippen LogP contribution in [0.5, 0.6) is 11.5 Å². The number of carbonyl (C=O) groups is 1. The molecule has 0 saturated carbocycles. The second-order valence-electron chi connectivity index (χ2n) is 7.97. The second kappa shape index (κ2) is 7.95. The molecule has 6 heteroatoms. The summed E-state index contributed by atoms with van der Waals surface area (Å²) in [6.45, 7) is 4.07. The highest BCUT2D eigenvalue weighted by molar-refractivity contribution is 5.89. The van der Waals surface area contributed by atoms with E-state index in [0.29, 0.717) is 19.3 Å². The first-order valence-corrected chi connectivity index (χ1v) is 10.4. The van der Waals surface area contributed by atoms with E-state index in [1.165, 1.54) is 5.56 Å². The standard InChI is InChI=1S/C23H26N2O4/c26-23-25(19-4-2-1-3-5-19)15-20(29-23)10-13-24-11-8-17(9-12-24)18-6-7-21-22(14-18)28-16-27-21/h1-7,14,17,20H,8-13,15-16H2. The monoisotopic (exact) mass is 394 g/mol. The Morgan fingerprint density at radius 2 is 1.76 bits per heavy atom. The summed E-state index contributed by atoms with van der Waals surface area (Å²) in [5.41, 5.74) is 2.25. The number of nitrogens with zero attached hydrogens (tertiary/aromatic N) is 2. The number of likely N-dealkylation sites (tertiary alicyclic amines) is 1. The number of ether oxygens (including phenoxy) is 3. The number of benzene rings is 2. The van der Waals surface area contributed by atoms with Gasteiger partial charge in [0.2, 0.25) is 6.79 Å². The molecular formula is C23H26N2O4. The first-order chi connectivity index (χ1) is 14.3. The Morgan fingerprint density at radius 1 is 0.966 bits per heavy atom. The number of cyclic esters (lactones) is 1. The van der Waals surface area contributed by atoms with Gasteiger partial charge in [0, 0.05) is 12.2 Å². The van der Waals surface area contributed by atoms with Crippen molar-refractivity contribution in [2.75, 3.05) is 37.9 Å². The van der Waals surface area contributed by atoms with Crippen LogP contribution in [0.25, 0.3) is 0 Å². The van der Waals surface area contributed by atoms with E-state index >= 15 is 0 Å². The molecule has 0 bridgehead atoms. The van der Waals surface area contributed by atoms with Crippen molar-refractivity contribution in [2.24, 2.45) is 0 Å². The molecule has 1 unspecified atom stereocenters. The fourth-order valence-corrected chi connectivity index (χ4v) is 4.47. The van der Waals surface area contributed by atoms with E-state index in [1.807, 2.05) is 36.4 Å². The third kappa shape index (κ3) is 3.90. The molecule has 3 aliphatic heterocycles. The lowest BCUT2D eigenvalue weighted by molar-refractivity contribution is 0.120. The van der Waals surface area contributed by atoms with E-state index in [-0.39, 0.29) is 12.2 Å². The third-order valence-electron chi connectivity index (χ3n) is 6.16. The van der Waals surface area contributed by atoms with Crippen LogP contribution in [0.1, 0.15) is 30.7 Å². The molecule has 29 heavy (non-hydrogen) atoms. The van der Waals surface area contributed by atoms with Crippen molar-refractivity contribution >= 4 is 11.8 Å². The van der Waals surface area contributed by atoms with E-state index in [1.54, 1.807) is 4.90 Å². The Labute approximate surface area is 171 Å². The number of rotatable bonds is 5. The smallest absolute Gasteiger partial charge is 0.414 e. The molecule has 152 valence electrons. The number of carbonyl (C=O) groups excluding carboxylic acids is 1. The summed E-state index contributed by atoms with van der Waals surface area (Å²) in [6.07, 6.45) is 2.89. The zero-order valence-corrected chi connectivity index (χ0v) is 16.5. The molecular weight excluding hydrogens is 368 g/mol. The van der Waals surface area contributed by atoms with Gasteiger partial charge in [-0.25, -0.2) is 4.79 Å². The SMILES string of the molecule is O=C1OC(CCN2CCC(c3ccc4c(c3)OCO4)CC2)CN1c1ccccc1. The van der Waals surface area contributed by atoms with E-state index in [2.05, 4.69) is 17.0 Å². The average molecular weight is 394 g/mol. The first kappa shape index (κ1) is 18.3. The molecule has 0 N–H and O–H groups in total. The summed E-state index contributed by atoms with van der Waals surface area (Å²) in [6, 6.07) is 16.1. The fourth-order valence-electron chi connectivity index (χ4n) is 4.47. The minimum absolute atomic E-state index is 0.0331. The van der Waals surface area contributed by atoms with Gasteiger partial charge in [-0.1, -0.05) is 24.3 Å². The van der Waals surface area contributed by atoms with Crippen LogP contribution in [0.2, 0.25) is 0 Å². The molecule has 6 nitrogen and oxygen atoms in total. The van der Waals surface area contributed by atoms with Crippen molar-refractivity contribution in [3.8, 4) is 11.5 Å². The van der Waals surface area contributed by atoms with Crippen LogP contribution in [0.4, 0.5) is 10.5 Å². The van der Waals surface area contributed by atoms with Crippen LogP contribution in [0.3, 0.4) is 0 Å². The van der Waals surface area contributed by atoms with Crippen molar-refractivity contribution < 1.29 is 19.0 Å². The highest BCUT2D eigenvalue weighted by Gasteiger charge is 2.32. The van der Waals surface area contributed by atoms with Crippen LogP contribution < -0.4 is 14.4 Å². The van der Waals surface area contributed by atoms with Gasteiger partial charge < -0.3 is 19.1 Å². The zero-order chi connectivity index (χ0) is 19.6. The van der Waals surface area contributed by atoms with Gasteiger partial charge in [-0.2, -0.15) is 0 Å². The van der Waals surface area contributed by atoms with Gasteiger partial charge in [0.05, 0.1) is 6.54 Å². The van der Waals surface area contributed by atoms with E-state index in [0.717, 1.165) is 56.1 Å². The maximum absolute atomic E-state index is 12.2. The molecule has 2 aromatic rings. The summed E-state index contributed by atoms with van der Waals surface area (Å²) >= 11 is 0. The maximum Gasteiger partial charge on any atom is 0.414 e. The number of amides is 1. The molecule has 0 aromatic heterocycles. The summed E-state index contributed by atoms with van der Waals surface area (Å²) in [7, 11) is 0. The molecule has 2 aromatic carbocycles. The fraction of sp³-hybridized carbons (Fsp3) is 0.435. The molecule has 2 fully saturated rings. The molecule has 0 radical (unpaired) electrons. The lowest BCUT2D eigenvalue weighted by Gasteiger charge is -2.32. The minimum Gasteiger partial charge on any atom is -0.454 e. The zero-order valence-electron chi connectivity index (χ0n) is 16.5. The highest BCUT2D eigenvalue weighted by Crippen LogP contribution is 2.37. The van der Waals surface area contributed by atoms with Gasteiger partial charge in [0.25, 0.3) is 0 Å². The van der Waals surface area contributed by atoms with Crippen LogP contribution >= 0.6 is 0 Å². The van der Waals surface area contributed by atoms with E-state index in [4.69, 9.17) is 14.2 Å². The van der Waals surface area contributed by atoms with Crippen LogP contribution in [0, 0.1) is 0 Å². The third-order valence-corrected chi connectivity index (χ3v) is 6.16. The molecule has 2 saturated heterocycles. The summed E-state index contributed by atoms with van der Waals surface area (Å²) in [4.78, 5) is 16.4. The molecule has 0 spiro atoms. The summed E-state index contributed by atoms with van der Waals surface area (Å²) < 4.78 is 16.5. The van der Waals surface area contributed by atoms with Gasteiger partial charge in [-0.3, -0.25) is 4.90 Å². The van der Waals surface area contributed by atoms with E-state index < -0.39 is 0 Å². The first-order valence-electron chi connectivity index (χ1n) is 10.4. The van der Waals surface area contributed by atoms with E-state index in [9.17, 15) is 4.79 Å². The Hall–Kier alpha value is -2.73. The van der Waals surface area contributed by atoms with Crippen molar-refractivity contribution in [3.05, 3.63) is 54.1 Å². The predicted octanol–water partition coefficient (Wildman–Crippen LogP) is 4.01. The predicted molar refractivity (Wildman–Crippen MR) is 110 cm³/mol. The van der Waals surface area contributed by atoms with Crippen LogP contribution in [-0.2, 0) is 4.74 Å². The average Bonchev–Trinajstić information content (AvgIpc) is 3.39. The second-order valence-corrected chi connectivity index (χ2v) is 7.97. The van der Waals surface area contributed by atoms with Crippen molar-refractivity contribution in [1.29, 1.82) is 0 Å². The van der Waals surface area contributed by atoms with Crippen LogP contribution in [-0.4, -0.2) is 50.1 Å². The van der Waals surface area contributed by atoms with Gasteiger partial charge >= 0.3 is 6.09 Å². The summed E-state index contributed by atoms with van der Waals surface area (Å²) in [5, 5.41) is 0. The van der Waals surface area contributed by atoms with Crippen molar-refractivity contribution in [2.45, 2.75) is 31.3 Å². The minimum atomic E-state index is -0.234. The Kier molecular flexibility index (Phi) is 5.02. The number of para-hydroxylation sites is 1. The number of piperidine rings is 1. The van der Waals surface area contributed by atoms with Crippen molar-refractivity contribution in [3.63, 3.8) is 0 Å². The Bertz CT molecular complexity index is 864. The van der Waals surface area contributed by atoms with Gasteiger partial charge in [0.1, 0.15) is 6.10 Å². The van der Waals surface area contributed by atoms with Gasteiger partial charge in [-0.15, -0.1) is 0 Å². The quantitative estimate of drug-likeness (QED) is 0.767. The topological polar surface area (TPSA) is 51.2 Å². The largest absolute Gasteiger partial charge is 0.454 e. The lowest BCUT2D eigenvalue weighted by Crippen LogP contribution is -2.35. The normalized spacial score (nSPS) is 22.1. The van der Waals surface area contributed by atoms with Crippen molar-refractivity contribution in [1.82, 2.24) is 4.90 Å². The Morgan fingerprint density at radius 3 is 2.59 bits per heavy atom.